The molecular weight excluding hydrogens is 333 g/mol. The number of aryl methyl sites for hydroxylation is 1. The van der Waals surface area contributed by atoms with E-state index in [1.54, 1.807) is 10.9 Å². The molecule has 0 radical (unpaired) electrons. The molecule has 0 spiro atoms. The Morgan fingerprint density at radius 3 is 2.61 bits per heavy atom. The number of hydrogen-bond acceptors (Lipinski definition) is 5. The van der Waals surface area contributed by atoms with Gasteiger partial charge in [-0.15, -0.1) is 11.3 Å². The zero-order valence-electron chi connectivity index (χ0n) is 11.7. The molecule has 0 fully saturated rings. The van der Waals surface area contributed by atoms with Crippen LogP contribution in [0.2, 0.25) is 0 Å². The second-order valence-corrected chi connectivity index (χ2v) is 5.50. The number of thiazole rings is 1. The molecule has 3 rings (SSSR count). The van der Waals surface area contributed by atoms with Crippen molar-refractivity contribution in [3.63, 3.8) is 0 Å². The Morgan fingerprint density at radius 2 is 2.00 bits per heavy atom. The summed E-state index contributed by atoms with van der Waals surface area (Å²) in [5, 5.41) is 1.62. The molecule has 6 nitrogen and oxygen atoms in total. The third-order valence-electron chi connectivity index (χ3n) is 3.28. The van der Waals surface area contributed by atoms with Crippen LogP contribution >= 0.6 is 11.3 Å². The van der Waals surface area contributed by atoms with Crippen molar-refractivity contribution in [2.45, 2.75) is 12.7 Å². The average Bonchev–Trinajstić information content (AvgIpc) is 3.01. The van der Waals surface area contributed by atoms with E-state index < -0.39 is 23.1 Å². The Bertz CT molecular complexity index is 989. The fraction of sp³-hybridized carbons (Fsp3) is 0.231. The van der Waals surface area contributed by atoms with Crippen LogP contribution in [0.25, 0.3) is 11.0 Å². The molecular formula is C13H9F3N4O2S. The van der Waals surface area contributed by atoms with Crippen LogP contribution in [0.1, 0.15) is 11.4 Å². The van der Waals surface area contributed by atoms with Gasteiger partial charge in [0.2, 0.25) is 0 Å². The number of fused-ring (bicyclic) bond motifs is 1. The lowest BCUT2D eigenvalue weighted by molar-refractivity contribution is -0.141. The quantitative estimate of drug-likeness (QED) is 0.710. The van der Waals surface area contributed by atoms with Gasteiger partial charge in [-0.25, -0.2) is 14.8 Å². The Balaban J connectivity index is 2.26. The normalized spacial score (nSPS) is 12.0. The van der Waals surface area contributed by atoms with Crippen molar-refractivity contribution in [1.29, 1.82) is 0 Å². The average molecular weight is 342 g/mol. The molecule has 0 atom stereocenters. The van der Waals surface area contributed by atoms with E-state index >= 15 is 0 Å². The molecule has 23 heavy (non-hydrogen) atoms. The number of halogens is 3. The Morgan fingerprint density at radius 1 is 1.26 bits per heavy atom. The van der Waals surface area contributed by atoms with E-state index in [4.69, 9.17) is 0 Å². The molecule has 120 valence electrons. The molecule has 10 heteroatoms. The van der Waals surface area contributed by atoms with Crippen LogP contribution in [0, 0.1) is 0 Å². The van der Waals surface area contributed by atoms with E-state index in [0.717, 1.165) is 21.3 Å². The molecule has 0 aliphatic carbocycles. The molecule has 0 aliphatic rings. The summed E-state index contributed by atoms with van der Waals surface area (Å²) in [7, 11) is 1.27. The molecule has 0 aromatic carbocycles. The minimum atomic E-state index is -4.65. The predicted octanol–water partition coefficient (Wildman–Crippen LogP) is 1.62. The zero-order valence-corrected chi connectivity index (χ0v) is 12.5. The first-order valence-electron chi connectivity index (χ1n) is 6.34. The van der Waals surface area contributed by atoms with Gasteiger partial charge in [0.25, 0.3) is 5.56 Å². The standard InChI is InChI=1S/C13H9F3N4O2S/c1-19-10-8(2-3-9(18-10)13(14,15)16)11(21)20(12(19)22)4-7-5-23-6-17-7/h2-3,5-6H,4H2,1H3. The summed E-state index contributed by atoms with van der Waals surface area (Å²) < 4.78 is 40.1. The van der Waals surface area contributed by atoms with Crippen molar-refractivity contribution in [3.8, 4) is 0 Å². The van der Waals surface area contributed by atoms with Crippen LogP contribution < -0.4 is 11.2 Å². The number of pyridine rings is 1. The highest BCUT2D eigenvalue weighted by Crippen LogP contribution is 2.28. The van der Waals surface area contributed by atoms with Crippen LogP contribution in [0.3, 0.4) is 0 Å². The van der Waals surface area contributed by atoms with E-state index in [1.807, 2.05) is 0 Å². The van der Waals surface area contributed by atoms with Gasteiger partial charge in [-0.2, -0.15) is 13.2 Å². The molecule has 3 aromatic heterocycles. The Kier molecular flexibility index (Phi) is 3.55. The highest BCUT2D eigenvalue weighted by Gasteiger charge is 2.33. The summed E-state index contributed by atoms with van der Waals surface area (Å²) in [6.07, 6.45) is -4.65. The van der Waals surface area contributed by atoms with Gasteiger partial charge >= 0.3 is 11.9 Å². The first-order chi connectivity index (χ1) is 10.8. The predicted molar refractivity (Wildman–Crippen MR) is 77.5 cm³/mol. The number of rotatable bonds is 2. The maximum Gasteiger partial charge on any atom is 0.433 e. The van der Waals surface area contributed by atoms with Crippen LogP contribution in [0.4, 0.5) is 13.2 Å². The summed E-state index contributed by atoms with van der Waals surface area (Å²) >= 11 is 1.31. The second kappa shape index (κ2) is 5.30. The van der Waals surface area contributed by atoms with Gasteiger partial charge in [0.05, 0.1) is 23.1 Å². The Labute approximate surface area is 130 Å². The van der Waals surface area contributed by atoms with E-state index in [1.165, 1.54) is 18.4 Å². The van der Waals surface area contributed by atoms with Gasteiger partial charge in [-0.3, -0.25) is 13.9 Å². The van der Waals surface area contributed by atoms with Gasteiger partial charge in [0.15, 0.2) is 0 Å². The SMILES string of the molecule is Cn1c(=O)n(Cc2cscn2)c(=O)c2ccc(C(F)(F)F)nc21. The van der Waals surface area contributed by atoms with E-state index in [-0.39, 0.29) is 17.6 Å². The molecule has 0 N–H and O–H groups in total. The first-order valence-corrected chi connectivity index (χ1v) is 7.28. The van der Waals surface area contributed by atoms with Crippen molar-refractivity contribution in [2.75, 3.05) is 0 Å². The van der Waals surface area contributed by atoms with Crippen molar-refractivity contribution in [1.82, 2.24) is 19.1 Å². The van der Waals surface area contributed by atoms with Gasteiger partial charge in [0.1, 0.15) is 11.3 Å². The minimum absolute atomic E-state index is 0.0496. The number of nitrogens with zero attached hydrogens (tertiary/aromatic N) is 4. The number of hydrogen-bond donors (Lipinski definition) is 0. The topological polar surface area (TPSA) is 69.8 Å². The summed E-state index contributed by atoms with van der Waals surface area (Å²) in [4.78, 5) is 32.1. The van der Waals surface area contributed by atoms with E-state index in [2.05, 4.69) is 9.97 Å². The van der Waals surface area contributed by atoms with E-state index in [9.17, 15) is 22.8 Å². The molecule has 0 bridgehead atoms. The van der Waals surface area contributed by atoms with Gasteiger partial charge in [-0.05, 0) is 12.1 Å². The summed E-state index contributed by atoms with van der Waals surface area (Å²) in [5.41, 5.74) is -0.822. The molecule has 0 amide bonds. The van der Waals surface area contributed by atoms with Crippen LogP contribution in [0.15, 0.2) is 32.6 Å². The lowest BCUT2D eigenvalue weighted by atomic mass is 10.2. The maximum atomic E-state index is 12.7. The van der Waals surface area contributed by atoms with Crippen LogP contribution in [0.5, 0.6) is 0 Å². The van der Waals surface area contributed by atoms with Crippen molar-refractivity contribution in [2.24, 2.45) is 7.05 Å². The molecule has 3 heterocycles. The van der Waals surface area contributed by atoms with Crippen LogP contribution in [-0.4, -0.2) is 19.1 Å². The second-order valence-electron chi connectivity index (χ2n) is 4.78. The lowest BCUT2D eigenvalue weighted by Gasteiger charge is -2.11. The highest BCUT2D eigenvalue weighted by molar-refractivity contribution is 7.07. The monoisotopic (exact) mass is 342 g/mol. The van der Waals surface area contributed by atoms with Crippen molar-refractivity contribution >= 4 is 22.4 Å². The summed E-state index contributed by atoms with van der Waals surface area (Å²) in [5.74, 6) is 0. The molecule has 0 unspecified atom stereocenters. The summed E-state index contributed by atoms with van der Waals surface area (Å²) in [6, 6.07) is 1.76. The van der Waals surface area contributed by atoms with Crippen LogP contribution in [-0.2, 0) is 19.8 Å². The maximum absolute atomic E-state index is 12.7. The van der Waals surface area contributed by atoms with E-state index in [0.29, 0.717) is 5.69 Å². The number of alkyl halides is 3. The number of aromatic nitrogens is 4. The minimum Gasteiger partial charge on any atom is -0.280 e. The molecule has 3 aromatic rings. The van der Waals surface area contributed by atoms with Crippen molar-refractivity contribution in [3.05, 3.63) is 55.2 Å². The molecule has 0 saturated carbocycles. The van der Waals surface area contributed by atoms with Crippen molar-refractivity contribution < 1.29 is 13.2 Å². The Hall–Kier alpha value is -2.49. The fourth-order valence-electron chi connectivity index (χ4n) is 2.15. The van der Waals surface area contributed by atoms with Gasteiger partial charge in [-0.1, -0.05) is 0 Å². The highest BCUT2D eigenvalue weighted by atomic mass is 32.1. The molecule has 0 saturated heterocycles. The third kappa shape index (κ3) is 2.65. The molecule has 0 aliphatic heterocycles. The van der Waals surface area contributed by atoms with Gasteiger partial charge < -0.3 is 0 Å². The van der Waals surface area contributed by atoms with Gasteiger partial charge in [0, 0.05) is 12.4 Å². The fourth-order valence-corrected chi connectivity index (χ4v) is 2.70. The third-order valence-corrected chi connectivity index (χ3v) is 3.92. The lowest BCUT2D eigenvalue weighted by Crippen LogP contribution is -2.39. The first kappa shape index (κ1) is 15.4. The largest absolute Gasteiger partial charge is 0.433 e. The smallest absolute Gasteiger partial charge is 0.280 e. The summed E-state index contributed by atoms with van der Waals surface area (Å²) in [6.45, 7) is -0.0496. The zero-order chi connectivity index (χ0) is 16.8.